The van der Waals surface area contributed by atoms with Gasteiger partial charge in [0.05, 0.1) is 5.75 Å². The molecule has 120 valence electrons. The second kappa shape index (κ2) is 5.89. The van der Waals surface area contributed by atoms with Crippen LogP contribution in [0.4, 0.5) is 6.01 Å². The fourth-order valence-electron chi connectivity index (χ4n) is 2.94. The maximum absolute atomic E-state index is 11.7. The number of rotatable bonds is 5. The smallest absolute Gasteiger partial charge is 0.295 e. The Labute approximate surface area is 129 Å². The first kappa shape index (κ1) is 15.3. The summed E-state index contributed by atoms with van der Waals surface area (Å²) in [5.74, 6) is 0.149. The molecule has 1 aromatic carbocycles. The van der Waals surface area contributed by atoms with Crippen LogP contribution in [0, 0.1) is 5.41 Å². The summed E-state index contributed by atoms with van der Waals surface area (Å²) >= 11 is 0. The van der Waals surface area contributed by atoms with Crippen LogP contribution in [0.5, 0.6) is 0 Å². The van der Waals surface area contributed by atoms with E-state index in [1.165, 1.54) is 6.26 Å². The number of ether oxygens (including phenoxy) is 1. The normalized spacial score (nSPS) is 18.4. The van der Waals surface area contributed by atoms with Gasteiger partial charge in [0, 0.05) is 31.4 Å². The zero-order chi connectivity index (χ0) is 15.6. The third-order valence-corrected chi connectivity index (χ3v) is 5.17. The van der Waals surface area contributed by atoms with Gasteiger partial charge in [-0.25, -0.2) is 8.42 Å². The lowest BCUT2D eigenvalue weighted by atomic mass is 9.82. The Morgan fingerprint density at radius 1 is 1.27 bits per heavy atom. The van der Waals surface area contributed by atoms with Gasteiger partial charge in [0.25, 0.3) is 6.01 Å². The number of para-hydroxylation sites is 2. The molecule has 1 saturated heterocycles. The Bertz CT molecular complexity index is 715. The summed E-state index contributed by atoms with van der Waals surface area (Å²) < 4.78 is 34.5. The maximum Gasteiger partial charge on any atom is 0.295 e. The van der Waals surface area contributed by atoms with Gasteiger partial charge in [-0.1, -0.05) is 12.1 Å². The predicted octanol–water partition coefficient (Wildman–Crippen LogP) is 2.08. The van der Waals surface area contributed by atoms with E-state index in [2.05, 4.69) is 10.3 Å². The molecule has 1 fully saturated rings. The van der Waals surface area contributed by atoms with Crippen molar-refractivity contribution >= 4 is 27.0 Å². The number of nitrogens with one attached hydrogen (secondary N) is 1. The summed E-state index contributed by atoms with van der Waals surface area (Å²) in [5, 5.41) is 3.17. The number of hydrogen-bond acceptors (Lipinski definition) is 6. The lowest BCUT2D eigenvalue weighted by Gasteiger charge is -2.36. The van der Waals surface area contributed by atoms with E-state index in [1.807, 2.05) is 24.3 Å². The summed E-state index contributed by atoms with van der Waals surface area (Å²) in [6.45, 7) is 1.69. The fourth-order valence-corrected chi connectivity index (χ4v) is 4.45. The van der Waals surface area contributed by atoms with Crippen LogP contribution < -0.4 is 5.32 Å². The van der Waals surface area contributed by atoms with Crippen molar-refractivity contribution in [1.29, 1.82) is 0 Å². The van der Waals surface area contributed by atoms with Gasteiger partial charge in [0.15, 0.2) is 5.58 Å². The average molecular weight is 324 g/mol. The minimum absolute atomic E-state index is 0.149. The van der Waals surface area contributed by atoms with Crippen LogP contribution in [-0.2, 0) is 14.6 Å². The molecule has 0 amide bonds. The second-order valence-corrected chi connectivity index (χ2v) is 8.16. The molecule has 22 heavy (non-hydrogen) atoms. The zero-order valence-corrected chi connectivity index (χ0v) is 13.4. The largest absolute Gasteiger partial charge is 0.424 e. The second-order valence-electron chi connectivity index (χ2n) is 6.02. The van der Waals surface area contributed by atoms with E-state index in [-0.39, 0.29) is 11.2 Å². The zero-order valence-electron chi connectivity index (χ0n) is 12.5. The van der Waals surface area contributed by atoms with Crippen LogP contribution in [0.15, 0.2) is 28.7 Å². The quantitative estimate of drug-likeness (QED) is 0.907. The van der Waals surface area contributed by atoms with E-state index in [9.17, 15) is 8.42 Å². The molecule has 0 radical (unpaired) electrons. The SMILES string of the molecule is CS(=O)(=O)CC1(CNc2nc3ccccc3o2)CCOCC1. The van der Waals surface area contributed by atoms with Crippen molar-refractivity contribution in [3.05, 3.63) is 24.3 Å². The van der Waals surface area contributed by atoms with Gasteiger partial charge >= 0.3 is 0 Å². The number of benzene rings is 1. The molecule has 0 aliphatic carbocycles. The Morgan fingerprint density at radius 2 is 2.00 bits per heavy atom. The molecule has 3 rings (SSSR count). The third kappa shape index (κ3) is 3.59. The maximum atomic E-state index is 11.7. The van der Waals surface area contributed by atoms with Gasteiger partial charge in [-0.3, -0.25) is 0 Å². The molecule has 1 N–H and O–H groups in total. The summed E-state index contributed by atoms with van der Waals surface area (Å²) in [6, 6.07) is 7.96. The fraction of sp³-hybridized carbons (Fsp3) is 0.533. The molecule has 0 atom stereocenters. The van der Waals surface area contributed by atoms with Crippen molar-refractivity contribution in [2.75, 3.05) is 37.1 Å². The summed E-state index contributed by atoms with van der Waals surface area (Å²) in [7, 11) is -3.06. The van der Waals surface area contributed by atoms with Gasteiger partial charge in [0.2, 0.25) is 0 Å². The lowest BCUT2D eigenvalue weighted by molar-refractivity contribution is 0.0313. The average Bonchev–Trinajstić information content (AvgIpc) is 2.87. The number of oxazole rings is 1. The van der Waals surface area contributed by atoms with Crippen molar-refractivity contribution in [2.45, 2.75) is 12.8 Å². The Kier molecular flexibility index (Phi) is 4.10. The van der Waals surface area contributed by atoms with E-state index < -0.39 is 9.84 Å². The van der Waals surface area contributed by atoms with Crippen molar-refractivity contribution in [1.82, 2.24) is 4.98 Å². The first-order valence-electron chi connectivity index (χ1n) is 7.31. The number of aromatic nitrogens is 1. The first-order valence-corrected chi connectivity index (χ1v) is 9.37. The van der Waals surface area contributed by atoms with E-state index in [1.54, 1.807) is 0 Å². The minimum atomic E-state index is -3.06. The molecule has 0 saturated carbocycles. The molecule has 1 aliphatic heterocycles. The van der Waals surface area contributed by atoms with Crippen LogP contribution in [0.1, 0.15) is 12.8 Å². The molecule has 2 heterocycles. The number of nitrogens with zero attached hydrogens (tertiary/aromatic N) is 1. The van der Waals surface area contributed by atoms with Crippen LogP contribution in [0.3, 0.4) is 0 Å². The molecular weight excluding hydrogens is 304 g/mol. The van der Waals surface area contributed by atoms with E-state index in [0.29, 0.717) is 44.2 Å². The summed E-state index contributed by atoms with van der Waals surface area (Å²) in [6.07, 6.45) is 2.71. The highest BCUT2D eigenvalue weighted by atomic mass is 32.2. The van der Waals surface area contributed by atoms with E-state index in [4.69, 9.17) is 9.15 Å². The highest BCUT2D eigenvalue weighted by Gasteiger charge is 2.36. The number of anilines is 1. The molecule has 0 unspecified atom stereocenters. The number of hydrogen-bond donors (Lipinski definition) is 1. The van der Waals surface area contributed by atoms with Gasteiger partial charge < -0.3 is 14.5 Å². The molecule has 0 spiro atoms. The Morgan fingerprint density at radius 3 is 2.68 bits per heavy atom. The van der Waals surface area contributed by atoms with Crippen molar-refractivity contribution in [3.8, 4) is 0 Å². The van der Waals surface area contributed by atoms with Gasteiger partial charge in [0.1, 0.15) is 15.4 Å². The summed E-state index contributed by atoms with van der Waals surface area (Å²) in [4.78, 5) is 4.37. The van der Waals surface area contributed by atoms with Crippen LogP contribution in [-0.4, -0.2) is 45.2 Å². The topological polar surface area (TPSA) is 81.4 Å². The molecule has 2 aromatic rings. The Hall–Kier alpha value is -1.60. The van der Waals surface area contributed by atoms with Gasteiger partial charge in [-0.15, -0.1) is 0 Å². The Balaban J connectivity index is 1.75. The monoisotopic (exact) mass is 324 g/mol. The molecular formula is C15H20N2O4S. The van der Waals surface area contributed by atoms with Crippen LogP contribution in [0.2, 0.25) is 0 Å². The molecule has 0 bridgehead atoms. The van der Waals surface area contributed by atoms with Crippen molar-refractivity contribution in [3.63, 3.8) is 0 Å². The van der Waals surface area contributed by atoms with Crippen molar-refractivity contribution < 1.29 is 17.6 Å². The molecule has 7 heteroatoms. The number of sulfone groups is 1. The highest BCUT2D eigenvalue weighted by Crippen LogP contribution is 2.32. The summed E-state index contributed by atoms with van der Waals surface area (Å²) in [5.41, 5.74) is 1.18. The van der Waals surface area contributed by atoms with Gasteiger partial charge in [-0.2, -0.15) is 4.98 Å². The van der Waals surface area contributed by atoms with E-state index in [0.717, 1.165) is 5.52 Å². The van der Waals surface area contributed by atoms with Crippen LogP contribution >= 0.6 is 0 Å². The van der Waals surface area contributed by atoms with Crippen molar-refractivity contribution in [2.24, 2.45) is 5.41 Å². The minimum Gasteiger partial charge on any atom is -0.424 e. The molecule has 1 aromatic heterocycles. The standard InChI is InChI=1S/C15H20N2O4S/c1-22(18,19)11-15(6-8-20-9-7-15)10-16-14-17-12-4-2-3-5-13(12)21-14/h2-5H,6-11H2,1H3,(H,16,17). The third-order valence-electron chi connectivity index (χ3n) is 4.03. The predicted molar refractivity (Wildman–Crippen MR) is 84.7 cm³/mol. The van der Waals surface area contributed by atoms with E-state index >= 15 is 0 Å². The molecule has 6 nitrogen and oxygen atoms in total. The van der Waals surface area contributed by atoms with Crippen LogP contribution in [0.25, 0.3) is 11.1 Å². The first-order chi connectivity index (χ1) is 10.5. The highest BCUT2D eigenvalue weighted by molar-refractivity contribution is 7.90. The molecule has 1 aliphatic rings. The van der Waals surface area contributed by atoms with Gasteiger partial charge in [-0.05, 0) is 25.0 Å². The lowest BCUT2D eigenvalue weighted by Crippen LogP contribution is -2.41. The number of fused-ring (bicyclic) bond motifs is 1.